The fraction of sp³-hybridized carbons (Fsp3) is 0.778. The molecule has 0 bridgehead atoms. The number of carbonyl (C=O) groups excluding carboxylic acids is 1. The minimum atomic E-state index is -1.61. The van der Waals surface area contributed by atoms with E-state index in [4.69, 9.17) is 12.2 Å². The third kappa shape index (κ3) is 5.51. The minimum Gasteiger partial charge on any atom is -0.479 e. The Kier molecular flexibility index (Phi) is 3.84. The van der Waals surface area contributed by atoms with Gasteiger partial charge in [-0.05, 0) is 6.90 Å². The average Bonchev–Trinajstić information content (AvgIpc) is 2.09. The normalized spacial score (nSPS) is 16.3. The van der Waals surface area contributed by atoms with Crippen molar-refractivity contribution in [1.29, 1.82) is 0 Å². The molecule has 4 N–H and O–H groups in total. The molecule has 0 saturated carbocycles. The lowest BCUT2D eigenvalue weighted by atomic mass is 10.1. The summed E-state index contributed by atoms with van der Waals surface area (Å²) in [6.07, 6.45) is 0. The molecule has 88 valence electrons. The number of carboxylic acids is 1. The molecule has 0 aromatic heterocycles. The molecule has 0 radical (unpaired) electrons. The van der Waals surface area contributed by atoms with E-state index in [0.29, 0.717) is 0 Å². The van der Waals surface area contributed by atoms with Gasteiger partial charge in [0.25, 0.3) is 0 Å². The molecule has 0 fully saturated rings. The van der Waals surface area contributed by atoms with E-state index in [1.807, 2.05) is 20.8 Å². The summed E-state index contributed by atoms with van der Waals surface area (Å²) in [5, 5.41) is 11.2. The first-order valence-corrected chi connectivity index (χ1v) is 5.36. The molecular formula is C9H18N2O3S. The Balaban J connectivity index is 4.78. The molecule has 5 nitrogen and oxygen atoms in total. The topological polar surface area (TPSA) is 92.4 Å². The molecule has 6 heteroatoms. The van der Waals surface area contributed by atoms with Gasteiger partial charge in [0.05, 0.1) is 0 Å². The summed E-state index contributed by atoms with van der Waals surface area (Å²) in [6, 6.07) is -0.927. The number of primary amides is 1. The van der Waals surface area contributed by atoms with Gasteiger partial charge in [-0.15, -0.1) is 0 Å². The summed E-state index contributed by atoms with van der Waals surface area (Å²) >= 11 is 1.36. The number of amides is 2. The Morgan fingerprint density at radius 1 is 1.53 bits per heavy atom. The molecule has 0 heterocycles. The number of nitrogens with one attached hydrogen (secondary N) is 1. The SMILES string of the molecule is [2H]C[C@@](CSC(C)(C)C)(NC(N)=O)C(=O)O. The van der Waals surface area contributed by atoms with Crippen LogP contribution in [0.3, 0.4) is 0 Å². The van der Waals surface area contributed by atoms with Gasteiger partial charge in [-0.1, -0.05) is 20.8 Å². The van der Waals surface area contributed by atoms with Crippen molar-refractivity contribution >= 4 is 23.8 Å². The van der Waals surface area contributed by atoms with Gasteiger partial charge in [-0.25, -0.2) is 9.59 Å². The second kappa shape index (κ2) is 4.74. The van der Waals surface area contributed by atoms with Crippen LogP contribution in [0.5, 0.6) is 0 Å². The lowest BCUT2D eigenvalue weighted by Crippen LogP contribution is -2.56. The number of rotatable bonds is 4. The van der Waals surface area contributed by atoms with E-state index in [-0.39, 0.29) is 10.5 Å². The monoisotopic (exact) mass is 235 g/mol. The molecule has 0 saturated heterocycles. The van der Waals surface area contributed by atoms with Crippen LogP contribution >= 0.6 is 11.8 Å². The van der Waals surface area contributed by atoms with Crippen LogP contribution in [0.4, 0.5) is 4.79 Å². The van der Waals surface area contributed by atoms with Crippen molar-refractivity contribution in [3.05, 3.63) is 0 Å². The van der Waals surface area contributed by atoms with E-state index < -0.39 is 24.4 Å². The fourth-order valence-electron chi connectivity index (χ4n) is 0.727. The predicted octanol–water partition coefficient (Wildman–Crippen LogP) is 1.03. The van der Waals surface area contributed by atoms with Crippen LogP contribution in [0, 0.1) is 0 Å². The van der Waals surface area contributed by atoms with Gasteiger partial charge in [0.1, 0.15) is 5.54 Å². The second-order valence-corrected chi connectivity index (χ2v) is 6.08. The zero-order valence-corrected chi connectivity index (χ0v) is 9.98. The van der Waals surface area contributed by atoms with Crippen molar-refractivity contribution in [2.24, 2.45) is 5.73 Å². The first-order chi connectivity index (χ1) is 7.13. The summed E-state index contributed by atoms with van der Waals surface area (Å²) in [4.78, 5) is 21.9. The number of aliphatic carboxylic acids is 1. The van der Waals surface area contributed by atoms with Crippen LogP contribution in [-0.2, 0) is 4.79 Å². The molecule has 0 aliphatic carbocycles. The quantitative estimate of drug-likeness (QED) is 0.678. The lowest BCUT2D eigenvalue weighted by Gasteiger charge is -2.28. The van der Waals surface area contributed by atoms with Gasteiger partial charge in [0, 0.05) is 11.9 Å². The molecule has 0 aliphatic heterocycles. The number of nitrogens with two attached hydrogens (primary N) is 1. The average molecular weight is 235 g/mol. The Morgan fingerprint density at radius 3 is 2.33 bits per heavy atom. The van der Waals surface area contributed by atoms with E-state index in [1.165, 1.54) is 11.8 Å². The number of carbonyl (C=O) groups is 2. The molecule has 15 heavy (non-hydrogen) atoms. The van der Waals surface area contributed by atoms with Crippen LogP contribution < -0.4 is 11.1 Å². The zero-order valence-electron chi connectivity index (χ0n) is 10.2. The molecule has 0 aromatic rings. The van der Waals surface area contributed by atoms with Crippen molar-refractivity contribution in [2.75, 3.05) is 5.75 Å². The van der Waals surface area contributed by atoms with Crippen LogP contribution in [0.15, 0.2) is 0 Å². The van der Waals surface area contributed by atoms with E-state index in [0.717, 1.165) is 0 Å². The summed E-state index contributed by atoms with van der Waals surface area (Å²) in [7, 11) is 0. The second-order valence-electron chi connectivity index (χ2n) is 4.28. The summed E-state index contributed by atoms with van der Waals surface area (Å²) in [6.45, 7) is 5.34. The van der Waals surface area contributed by atoms with Crippen LogP contribution in [0.2, 0.25) is 0 Å². The highest BCUT2D eigenvalue weighted by atomic mass is 32.2. The van der Waals surface area contributed by atoms with Gasteiger partial charge in [0.2, 0.25) is 0 Å². The van der Waals surface area contributed by atoms with Gasteiger partial charge in [-0.3, -0.25) is 0 Å². The van der Waals surface area contributed by atoms with E-state index >= 15 is 0 Å². The maximum Gasteiger partial charge on any atom is 0.330 e. The highest BCUT2D eigenvalue weighted by Gasteiger charge is 2.35. The Hall–Kier alpha value is -0.910. The van der Waals surface area contributed by atoms with Gasteiger partial charge >= 0.3 is 12.0 Å². The molecule has 0 aromatic carbocycles. The van der Waals surface area contributed by atoms with Gasteiger partial charge < -0.3 is 16.2 Å². The number of hydrogen-bond acceptors (Lipinski definition) is 3. The molecule has 0 rings (SSSR count). The first-order valence-electron chi connectivity index (χ1n) is 5.08. The summed E-state index contributed by atoms with van der Waals surface area (Å²) in [5.41, 5.74) is 3.32. The van der Waals surface area contributed by atoms with Crippen molar-refractivity contribution in [3.8, 4) is 0 Å². The number of hydrogen-bond donors (Lipinski definition) is 3. The highest BCUT2D eigenvalue weighted by Crippen LogP contribution is 2.27. The van der Waals surface area contributed by atoms with E-state index in [2.05, 4.69) is 5.32 Å². The summed E-state index contributed by atoms with van der Waals surface area (Å²) < 4.78 is 7.13. The van der Waals surface area contributed by atoms with Crippen LogP contribution in [-0.4, -0.2) is 33.1 Å². The van der Waals surface area contributed by atoms with Crippen molar-refractivity contribution in [1.82, 2.24) is 5.32 Å². The third-order valence-corrected chi connectivity index (χ3v) is 3.03. The smallest absolute Gasteiger partial charge is 0.330 e. The Bertz CT molecular complexity index is 280. The molecule has 0 spiro atoms. The lowest BCUT2D eigenvalue weighted by molar-refractivity contribution is -0.142. The number of thioether (sulfide) groups is 1. The molecule has 0 aliphatic rings. The van der Waals surface area contributed by atoms with Crippen LogP contribution in [0.1, 0.15) is 29.0 Å². The first kappa shape index (κ1) is 12.2. The zero-order chi connectivity index (χ0) is 13.0. The highest BCUT2D eigenvalue weighted by molar-refractivity contribution is 8.00. The van der Waals surface area contributed by atoms with E-state index in [9.17, 15) is 9.59 Å². The van der Waals surface area contributed by atoms with Crippen LogP contribution in [0.25, 0.3) is 0 Å². The van der Waals surface area contributed by atoms with Crippen molar-refractivity contribution in [3.63, 3.8) is 0 Å². The van der Waals surface area contributed by atoms with Gasteiger partial charge in [0.15, 0.2) is 0 Å². The third-order valence-electron chi connectivity index (χ3n) is 1.52. The molecule has 0 unspecified atom stereocenters. The Labute approximate surface area is 95.2 Å². The standard InChI is InChI=1S/C9H18N2O3S/c1-8(2,3)15-5-9(4,6(12)13)11-7(10)14/h5H2,1-4H3,(H,12,13)(H3,10,11,14)/t9-/m0/s1/i4D. The van der Waals surface area contributed by atoms with Crippen molar-refractivity contribution < 1.29 is 16.1 Å². The van der Waals surface area contributed by atoms with Gasteiger partial charge in [-0.2, -0.15) is 11.8 Å². The largest absolute Gasteiger partial charge is 0.479 e. The Morgan fingerprint density at radius 2 is 2.07 bits per heavy atom. The molecular weight excluding hydrogens is 216 g/mol. The summed E-state index contributed by atoms with van der Waals surface area (Å²) in [5.74, 6) is -1.13. The molecule has 1 atom stereocenters. The number of urea groups is 1. The maximum absolute atomic E-state index is 11.1. The predicted molar refractivity (Wildman–Crippen MR) is 61.0 cm³/mol. The van der Waals surface area contributed by atoms with E-state index in [1.54, 1.807) is 0 Å². The fourth-order valence-corrected chi connectivity index (χ4v) is 1.60. The minimum absolute atomic E-state index is 0.109. The van der Waals surface area contributed by atoms with Crippen molar-refractivity contribution in [2.45, 2.75) is 38.0 Å². The molecule has 2 amide bonds. The maximum atomic E-state index is 11.1. The number of carboxylic acid groups (broad SMARTS) is 1.